The molecule has 2 rings (SSSR count). The molecule has 1 saturated carbocycles. The van der Waals surface area contributed by atoms with E-state index in [2.05, 4.69) is 4.98 Å². The molecule has 1 N–H and O–H groups in total. The maximum Gasteiger partial charge on any atom is 0.443 e. The number of carbonyl (C=O) groups is 1. The van der Waals surface area contributed by atoms with Gasteiger partial charge in [0.25, 0.3) is 0 Å². The van der Waals surface area contributed by atoms with Gasteiger partial charge in [-0.05, 0) is 18.8 Å². The van der Waals surface area contributed by atoms with Crippen LogP contribution in [0.25, 0.3) is 0 Å². The third-order valence-corrected chi connectivity index (χ3v) is 3.38. The molecule has 1 aliphatic rings. The number of halogens is 3. The van der Waals surface area contributed by atoms with Crippen molar-refractivity contribution in [3.05, 3.63) is 16.1 Å². The van der Waals surface area contributed by atoms with Gasteiger partial charge in [0, 0.05) is 6.20 Å². The first kappa shape index (κ1) is 11.5. The molecule has 0 aromatic carbocycles. The summed E-state index contributed by atoms with van der Waals surface area (Å²) in [4.78, 5) is 14.5. The second-order valence-electron chi connectivity index (χ2n) is 3.67. The van der Waals surface area contributed by atoms with Crippen LogP contribution in [0.4, 0.5) is 13.2 Å². The van der Waals surface area contributed by atoms with Crippen LogP contribution in [0, 0.1) is 5.92 Å². The number of hydrogen-bond donors (Lipinski definition) is 1. The Balaban J connectivity index is 2.15. The zero-order valence-corrected chi connectivity index (χ0v) is 8.81. The fourth-order valence-electron chi connectivity index (χ4n) is 1.29. The molecule has 16 heavy (non-hydrogen) atoms. The van der Waals surface area contributed by atoms with Crippen LogP contribution in [0.3, 0.4) is 0 Å². The molecule has 0 radical (unpaired) electrons. The van der Waals surface area contributed by atoms with Crippen molar-refractivity contribution in [3.8, 4) is 0 Å². The molecule has 0 saturated heterocycles. The van der Waals surface area contributed by atoms with Gasteiger partial charge in [0.1, 0.15) is 6.10 Å². The summed E-state index contributed by atoms with van der Waals surface area (Å²) in [7, 11) is 0. The minimum absolute atomic E-state index is 0.0936. The van der Waals surface area contributed by atoms with Crippen LogP contribution in [0.2, 0.25) is 0 Å². The van der Waals surface area contributed by atoms with E-state index < -0.39 is 23.1 Å². The monoisotopic (exact) mass is 251 g/mol. The van der Waals surface area contributed by atoms with Crippen molar-refractivity contribution in [2.75, 3.05) is 0 Å². The molecule has 0 spiro atoms. The molecular weight excluding hydrogens is 243 g/mol. The van der Waals surface area contributed by atoms with E-state index in [0.717, 1.165) is 19.0 Å². The van der Waals surface area contributed by atoms with Crippen molar-refractivity contribution < 1.29 is 23.1 Å². The first-order chi connectivity index (χ1) is 7.39. The van der Waals surface area contributed by atoms with E-state index in [4.69, 9.17) is 0 Å². The van der Waals surface area contributed by atoms with Crippen molar-refractivity contribution in [1.29, 1.82) is 0 Å². The number of nitrogens with zero attached hydrogens (tertiary/aromatic N) is 1. The number of rotatable bonds is 3. The summed E-state index contributed by atoms with van der Waals surface area (Å²) in [5.74, 6) is -0.751. The van der Waals surface area contributed by atoms with Gasteiger partial charge in [0.2, 0.25) is 5.78 Å². The summed E-state index contributed by atoms with van der Waals surface area (Å²) in [6.45, 7) is 0. The van der Waals surface area contributed by atoms with E-state index in [-0.39, 0.29) is 22.1 Å². The predicted octanol–water partition coefficient (Wildman–Crippen LogP) is 2.12. The van der Waals surface area contributed by atoms with Gasteiger partial charge in [-0.1, -0.05) is 0 Å². The summed E-state index contributed by atoms with van der Waals surface area (Å²) in [6.07, 6.45) is -3.34. The molecule has 88 valence electrons. The maximum absolute atomic E-state index is 12.2. The largest absolute Gasteiger partial charge is 0.443 e. The lowest BCUT2D eigenvalue weighted by Crippen LogP contribution is -2.21. The SMILES string of the molecule is O=C(c1cnc(C(F)(F)F)s1)C(O)C1CC1. The van der Waals surface area contributed by atoms with Crippen molar-refractivity contribution >= 4 is 17.1 Å². The number of alkyl halides is 3. The number of Topliss-reactive ketones (excluding diaryl/α,β-unsaturated/α-hetero) is 1. The highest BCUT2D eigenvalue weighted by atomic mass is 32.1. The minimum Gasteiger partial charge on any atom is -0.385 e. The number of aliphatic hydroxyl groups excluding tert-OH is 1. The zero-order chi connectivity index (χ0) is 11.9. The average molecular weight is 251 g/mol. The van der Waals surface area contributed by atoms with Crippen LogP contribution < -0.4 is 0 Å². The van der Waals surface area contributed by atoms with Gasteiger partial charge in [-0.2, -0.15) is 13.2 Å². The summed E-state index contributed by atoms with van der Waals surface area (Å²) < 4.78 is 36.6. The molecule has 1 fully saturated rings. The molecule has 0 aliphatic heterocycles. The molecular formula is C9H8F3NO2S. The zero-order valence-electron chi connectivity index (χ0n) is 7.99. The van der Waals surface area contributed by atoms with Gasteiger partial charge in [0.05, 0.1) is 4.88 Å². The second kappa shape index (κ2) is 3.81. The quantitative estimate of drug-likeness (QED) is 0.837. The van der Waals surface area contributed by atoms with Crippen molar-refractivity contribution in [2.24, 2.45) is 5.92 Å². The molecule has 1 unspecified atom stereocenters. The lowest BCUT2D eigenvalue weighted by molar-refractivity contribution is -0.137. The van der Waals surface area contributed by atoms with Crippen LogP contribution in [0.1, 0.15) is 27.5 Å². The second-order valence-corrected chi connectivity index (χ2v) is 4.70. The highest BCUT2D eigenvalue weighted by molar-refractivity contribution is 7.13. The van der Waals surface area contributed by atoms with E-state index in [1.807, 2.05) is 0 Å². The van der Waals surface area contributed by atoms with Gasteiger partial charge < -0.3 is 5.11 Å². The summed E-state index contributed by atoms with van der Waals surface area (Å²) in [5.41, 5.74) is 0. The van der Waals surface area contributed by atoms with E-state index in [9.17, 15) is 23.1 Å². The molecule has 0 amide bonds. The molecule has 1 aromatic heterocycles. The molecule has 1 heterocycles. The summed E-state index contributed by atoms with van der Waals surface area (Å²) in [6, 6.07) is 0. The Kier molecular flexibility index (Phi) is 2.75. The number of hydrogen-bond acceptors (Lipinski definition) is 4. The number of carbonyl (C=O) groups excluding carboxylic acids is 1. The standard InChI is InChI=1S/C9H8F3NO2S/c10-9(11,12)8-13-3-5(16-8)7(15)6(14)4-1-2-4/h3-4,6,14H,1-2H2. The van der Waals surface area contributed by atoms with Crippen LogP contribution in [-0.4, -0.2) is 22.0 Å². The predicted molar refractivity (Wildman–Crippen MR) is 50.2 cm³/mol. The van der Waals surface area contributed by atoms with E-state index in [1.165, 1.54) is 0 Å². The third kappa shape index (κ3) is 2.25. The third-order valence-electron chi connectivity index (χ3n) is 2.33. The van der Waals surface area contributed by atoms with Crippen LogP contribution in [0.15, 0.2) is 6.20 Å². The highest BCUT2D eigenvalue weighted by Crippen LogP contribution is 2.36. The van der Waals surface area contributed by atoms with Crippen molar-refractivity contribution in [1.82, 2.24) is 4.98 Å². The first-order valence-electron chi connectivity index (χ1n) is 4.65. The summed E-state index contributed by atoms with van der Waals surface area (Å²) >= 11 is 0.276. The van der Waals surface area contributed by atoms with Gasteiger partial charge in [-0.15, -0.1) is 11.3 Å². The number of aromatic nitrogens is 1. The first-order valence-corrected chi connectivity index (χ1v) is 5.46. The molecule has 7 heteroatoms. The average Bonchev–Trinajstić information content (AvgIpc) is 2.91. The molecule has 1 aliphatic carbocycles. The van der Waals surface area contributed by atoms with Crippen molar-refractivity contribution in [3.63, 3.8) is 0 Å². The normalized spacial score (nSPS) is 18.5. The lowest BCUT2D eigenvalue weighted by Gasteiger charge is -2.04. The molecule has 3 nitrogen and oxygen atoms in total. The van der Waals surface area contributed by atoms with Gasteiger partial charge in [-0.25, -0.2) is 4.98 Å². The Labute approximate surface area is 92.9 Å². The Morgan fingerprint density at radius 3 is 2.62 bits per heavy atom. The van der Waals surface area contributed by atoms with Crippen LogP contribution >= 0.6 is 11.3 Å². The molecule has 0 bridgehead atoms. The van der Waals surface area contributed by atoms with Crippen LogP contribution in [-0.2, 0) is 6.18 Å². The Hall–Kier alpha value is -0.950. The Bertz CT molecular complexity index is 411. The van der Waals surface area contributed by atoms with Gasteiger partial charge in [0.15, 0.2) is 5.01 Å². The lowest BCUT2D eigenvalue weighted by atomic mass is 10.1. The van der Waals surface area contributed by atoms with Gasteiger partial charge >= 0.3 is 6.18 Å². The van der Waals surface area contributed by atoms with Gasteiger partial charge in [-0.3, -0.25) is 4.79 Å². The number of ketones is 1. The van der Waals surface area contributed by atoms with E-state index >= 15 is 0 Å². The number of aliphatic hydroxyl groups is 1. The molecule has 1 aromatic rings. The van der Waals surface area contributed by atoms with Crippen molar-refractivity contribution in [2.45, 2.75) is 25.1 Å². The minimum atomic E-state index is -4.53. The number of thiazole rings is 1. The topological polar surface area (TPSA) is 50.2 Å². The Morgan fingerprint density at radius 2 is 2.19 bits per heavy atom. The highest BCUT2D eigenvalue weighted by Gasteiger charge is 2.38. The fourth-order valence-corrected chi connectivity index (χ4v) is 2.05. The smallest absolute Gasteiger partial charge is 0.385 e. The fraction of sp³-hybridized carbons (Fsp3) is 0.556. The van der Waals surface area contributed by atoms with E-state index in [0.29, 0.717) is 0 Å². The molecule has 1 atom stereocenters. The van der Waals surface area contributed by atoms with Crippen LogP contribution in [0.5, 0.6) is 0 Å². The van der Waals surface area contributed by atoms with E-state index in [1.54, 1.807) is 0 Å². The maximum atomic E-state index is 12.2. The Morgan fingerprint density at radius 1 is 1.56 bits per heavy atom. The summed E-state index contributed by atoms with van der Waals surface area (Å²) in [5, 5.41) is 8.41.